The predicted octanol–water partition coefficient (Wildman–Crippen LogP) is 3.51. The van der Waals surface area contributed by atoms with Crippen molar-refractivity contribution in [1.29, 1.82) is 0 Å². The maximum atomic E-state index is 13.2. The van der Waals surface area contributed by atoms with Crippen molar-refractivity contribution in [2.45, 2.75) is 38.6 Å². The van der Waals surface area contributed by atoms with Gasteiger partial charge >= 0.3 is 0 Å². The van der Waals surface area contributed by atoms with Crippen LogP contribution in [0.4, 0.5) is 4.39 Å². The van der Waals surface area contributed by atoms with Gasteiger partial charge < -0.3 is 10.2 Å². The van der Waals surface area contributed by atoms with Crippen LogP contribution in [0, 0.1) is 11.2 Å². The molecule has 1 N–H and O–H groups in total. The number of hydrogen-bond acceptors (Lipinski definition) is 4. The van der Waals surface area contributed by atoms with Gasteiger partial charge in [-0.2, -0.15) is 0 Å². The SMILES string of the molecule is O=C(NCc1ccc(F)cc1)c1nccnc1C(=O)N1CCC[C@@]2(CC=CCC2)C1. The summed E-state index contributed by atoms with van der Waals surface area (Å²) in [5.41, 5.74) is 0.991. The minimum absolute atomic E-state index is 0.0211. The number of hydrogen-bond donors (Lipinski definition) is 1. The monoisotopic (exact) mass is 408 g/mol. The zero-order valence-corrected chi connectivity index (χ0v) is 16.8. The zero-order valence-electron chi connectivity index (χ0n) is 16.8. The van der Waals surface area contributed by atoms with Gasteiger partial charge in [0.15, 0.2) is 11.4 Å². The van der Waals surface area contributed by atoms with Crippen molar-refractivity contribution in [2.75, 3.05) is 13.1 Å². The molecule has 1 fully saturated rings. The lowest BCUT2D eigenvalue weighted by Crippen LogP contribution is -2.47. The third kappa shape index (κ3) is 4.40. The van der Waals surface area contributed by atoms with Crippen molar-refractivity contribution in [2.24, 2.45) is 5.41 Å². The Balaban J connectivity index is 1.48. The number of aromatic nitrogens is 2. The molecule has 30 heavy (non-hydrogen) atoms. The quantitative estimate of drug-likeness (QED) is 0.786. The summed E-state index contributed by atoms with van der Waals surface area (Å²) in [5.74, 6) is -1.05. The molecule has 1 aromatic heterocycles. The van der Waals surface area contributed by atoms with Gasteiger partial charge in [0.1, 0.15) is 5.82 Å². The number of piperidine rings is 1. The van der Waals surface area contributed by atoms with Crippen LogP contribution >= 0.6 is 0 Å². The number of halogens is 1. The lowest BCUT2D eigenvalue weighted by molar-refractivity contribution is 0.0476. The normalized spacial score (nSPS) is 20.9. The molecule has 0 radical (unpaired) electrons. The third-order valence-corrected chi connectivity index (χ3v) is 5.99. The highest BCUT2D eigenvalue weighted by atomic mass is 19.1. The largest absolute Gasteiger partial charge is 0.347 e. The van der Waals surface area contributed by atoms with Gasteiger partial charge in [0.25, 0.3) is 11.8 Å². The molecule has 0 unspecified atom stereocenters. The fraction of sp³-hybridized carbons (Fsp3) is 0.391. The van der Waals surface area contributed by atoms with E-state index < -0.39 is 5.91 Å². The van der Waals surface area contributed by atoms with Gasteiger partial charge in [0.05, 0.1) is 0 Å². The Morgan fingerprint density at radius 2 is 1.83 bits per heavy atom. The number of nitrogens with zero attached hydrogens (tertiary/aromatic N) is 3. The standard InChI is InChI=1S/C23H25FN4O2/c24-18-7-5-17(6-8-18)15-27-21(29)19-20(26-13-12-25-19)22(30)28-14-4-11-23(16-28)9-2-1-3-10-23/h1-2,5-8,12-13H,3-4,9-11,14-16H2,(H,27,29)/t23-/m0/s1. The smallest absolute Gasteiger partial charge is 0.274 e. The van der Waals surface area contributed by atoms with E-state index in [0.29, 0.717) is 13.1 Å². The molecule has 2 heterocycles. The van der Waals surface area contributed by atoms with Crippen LogP contribution in [0.15, 0.2) is 48.8 Å². The second-order valence-corrected chi connectivity index (χ2v) is 8.11. The average Bonchev–Trinajstić information content (AvgIpc) is 2.78. The molecule has 1 saturated heterocycles. The maximum absolute atomic E-state index is 13.2. The molecule has 2 aliphatic rings. The third-order valence-electron chi connectivity index (χ3n) is 5.99. The number of carbonyl (C=O) groups is 2. The minimum Gasteiger partial charge on any atom is -0.347 e. The van der Waals surface area contributed by atoms with Crippen LogP contribution in [0.25, 0.3) is 0 Å². The molecule has 1 spiro atoms. The van der Waals surface area contributed by atoms with E-state index in [9.17, 15) is 14.0 Å². The Morgan fingerprint density at radius 3 is 2.57 bits per heavy atom. The van der Waals surface area contributed by atoms with E-state index in [1.165, 1.54) is 24.5 Å². The Hall–Kier alpha value is -3.09. The van der Waals surface area contributed by atoms with E-state index in [1.54, 1.807) is 12.1 Å². The molecule has 0 saturated carbocycles. The summed E-state index contributed by atoms with van der Waals surface area (Å²) in [7, 11) is 0. The molecule has 156 valence electrons. The summed E-state index contributed by atoms with van der Waals surface area (Å²) in [6, 6.07) is 5.88. The van der Waals surface area contributed by atoms with Gasteiger partial charge in [0.2, 0.25) is 0 Å². The fourth-order valence-corrected chi connectivity index (χ4v) is 4.37. The van der Waals surface area contributed by atoms with Gasteiger partial charge in [-0.25, -0.2) is 14.4 Å². The molecule has 1 aromatic carbocycles. The maximum Gasteiger partial charge on any atom is 0.274 e. The van der Waals surface area contributed by atoms with Crippen LogP contribution < -0.4 is 5.32 Å². The topological polar surface area (TPSA) is 75.2 Å². The van der Waals surface area contributed by atoms with Crippen LogP contribution in [0.1, 0.15) is 58.6 Å². The first-order chi connectivity index (χ1) is 14.6. The van der Waals surface area contributed by atoms with Crippen molar-refractivity contribution in [3.63, 3.8) is 0 Å². The van der Waals surface area contributed by atoms with Crippen LogP contribution in [0.3, 0.4) is 0 Å². The summed E-state index contributed by atoms with van der Waals surface area (Å²) in [4.78, 5) is 36.1. The summed E-state index contributed by atoms with van der Waals surface area (Å²) in [5, 5.41) is 2.75. The lowest BCUT2D eigenvalue weighted by Gasteiger charge is -2.43. The van der Waals surface area contributed by atoms with E-state index in [-0.39, 0.29) is 35.1 Å². The molecule has 2 amide bonds. The van der Waals surface area contributed by atoms with E-state index in [1.807, 2.05) is 4.90 Å². The fourth-order valence-electron chi connectivity index (χ4n) is 4.37. The Morgan fingerprint density at radius 1 is 1.07 bits per heavy atom. The highest BCUT2D eigenvalue weighted by molar-refractivity contribution is 6.04. The number of nitrogens with one attached hydrogen (secondary N) is 1. The first-order valence-electron chi connectivity index (χ1n) is 10.3. The van der Waals surface area contributed by atoms with Crippen molar-refractivity contribution in [3.8, 4) is 0 Å². The van der Waals surface area contributed by atoms with Gasteiger partial charge in [-0.15, -0.1) is 0 Å². The first-order valence-corrected chi connectivity index (χ1v) is 10.3. The molecular formula is C23H25FN4O2. The van der Waals surface area contributed by atoms with E-state index in [4.69, 9.17) is 0 Å². The predicted molar refractivity (Wildman–Crippen MR) is 110 cm³/mol. The molecule has 4 rings (SSSR count). The van der Waals surface area contributed by atoms with E-state index in [2.05, 4.69) is 27.4 Å². The number of amides is 2. The van der Waals surface area contributed by atoms with Gasteiger partial charge in [0, 0.05) is 32.0 Å². The zero-order chi connectivity index (χ0) is 21.0. The van der Waals surface area contributed by atoms with Crippen LogP contribution in [-0.4, -0.2) is 39.8 Å². The summed E-state index contributed by atoms with van der Waals surface area (Å²) < 4.78 is 13.0. The number of rotatable bonds is 4. The van der Waals surface area contributed by atoms with Gasteiger partial charge in [-0.1, -0.05) is 24.3 Å². The summed E-state index contributed by atoms with van der Waals surface area (Å²) in [6.45, 7) is 1.56. The number of benzene rings is 1. The Labute approximate surface area is 175 Å². The van der Waals surface area contributed by atoms with Gasteiger partial charge in [-0.3, -0.25) is 9.59 Å². The molecule has 1 aliphatic carbocycles. The van der Waals surface area contributed by atoms with Crippen LogP contribution in [-0.2, 0) is 6.54 Å². The lowest BCUT2D eigenvalue weighted by atomic mass is 9.71. The van der Waals surface area contributed by atoms with Crippen LogP contribution in [0.2, 0.25) is 0 Å². The second-order valence-electron chi connectivity index (χ2n) is 8.11. The molecule has 6 nitrogen and oxygen atoms in total. The highest BCUT2D eigenvalue weighted by Gasteiger charge is 2.38. The minimum atomic E-state index is -0.469. The molecular weight excluding hydrogens is 383 g/mol. The molecule has 1 atom stereocenters. The van der Waals surface area contributed by atoms with E-state index >= 15 is 0 Å². The molecule has 2 aromatic rings. The van der Waals surface area contributed by atoms with Gasteiger partial charge in [-0.05, 0) is 55.2 Å². The molecule has 0 bridgehead atoms. The number of likely N-dealkylation sites (tertiary alicyclic amines) is 1. The van der Waals surface area contributed by atoms with Crippen molar-refractivity contribution >= 4 is 11.8 Å². The second kappa shape index (κ2) is 8.73. The van der Waals surface area contributed by atoms with Crippen LogP contribution in [0.5, 0.6) is 0 Å². The van der Waals surface area contributed by atoms with E-state index in [0.717, 1.165) is 37.7 Å². The summed E-state index contributed by atoms with van der Waals surface area (Å²) in [6.07, 6.45) is 12.5. The Kier molecular flexibility index (Phi) is 5.88. The first kappa shape index (κ1) is 20.2. The molecule has 1 aliphatic heterocycles. The number of carbonyl (C=O) groups excluding carboxylic acids is 2. The van der Waals surface area contributed by atoms with Crippen molar-refractivity contribution in [1.82, 2.24) is 20.2 Å². The van der Waals surface area contributed by atoms with Crippen molar-refractivity contribution in [3.05, 3.63) is 71.6 Å². The molecule has 7 heteroatoms. The average molecular weight is 408 g/mol. The summed E-state index contributed by atoms with van der Waals surface area (Å²) >= 11 is 0. The highest BCUT2D eigenvalue weighted by Crippen LogP contribution is 2.41. The Bertz CT molecular complexity index is 960. The number of allylic oxidation sites excluding steroid dienone is 2. The van der Waals surface area contributed by atoms with Crippen molar-refractivity contribution < 1.29 is 14.0 Å².